The molecule has 1 aliphatic carbocycles. The Labute approximate surface area is 162 Å². The van der Waals surface area contributed by atoms with Gasteiger partial charge < -0.3 is 4.74 Å². The second-order valence-electron chi connectivity index (χ2n) is 6.62. The number of Topliss-reactive ketones (excluding diaryl/α,β-unsaturated/α-hetero) is 1. The van der Waals surface area contributed by atoms with Crippen molar-refractivity contribution in [1.82, 2.24) is 14.8 Å². The predicted molar refractivity (Wildman–Crippen MR) is 106 cm³/mol. The van der Waals surface area contributed by atoms with Crippen LogP contribution in [0.25, 0.3) is 5.69 Å². The molecule has 5 nitrogen and oxygen atoms in total. The predicted octanol–water partition coefficient (Wildman–Crippen LogP) is 4.13. The van der Waals surface area contributed by atoms with Crippen molar-refractivity contribution in [3.8, 4) is 11.4 Å². The zero-order valence-corrected chi connectivity index (χ0v) is 16.2. The highest BCUT2D eigenvalue weighted by atomic mass is 32.2. The van der Waals surface area contributed by atoms with Gasteiger partial charge in [0.25, 0.3) is 0 Å². The van der Waals surface area contributed by atoms with E-state index >= 15 is 0 Å². The Hall–Kier alpha value is -2.60. The van der Waals surface area contributed by atoms with Crippen LogP contribution in [0.15, 0.2) is 53.9 Å². The molecule has 3 aromatic rings. The summed E-state index contributed by atoms with van der Waals surface area (Å²) in [5.74, 6) is 0.848. The summed E-state index contributed by atoms with van der Waals surface area (Å²) in [5.41, 5.74) is 4.32. The van der Waals surface area contributed by atoms with Gasteiger partial charge in [0.15, 0.2) is 10.9 Å². The van der Waals surface area contributed by atoms with Gasteiger partial charge in [0.05, 0.1) is 18.0 Å². The molecule has 1 aliphatic rings. The molecule has 0 bridgehead atoms. The maximum absolute atomic E-state index is 12.9. The molecular weight excluding hydrogens is 358 g/mol. The fourth-order valence-electron chi connectivity index (χ4n) is 3.47. The summed E-state index contributed by atoms with van der Waals surface area (Å²) >= 11 is 1.41. The smallest absolute Gasteiger partial charge is 0.196 e. The Morgan fingerprint density at radius 2 is 2.00 bits per heavy atom. The standard InChI is InChI=1S/C21H21N3O2S/c1-14(20(25)17-11-10-15-6-5-7-16(15)12-17)27-21-23-22-13-24(21)18-8-3-4-9-19(18)26-2/h3-4,8-14H,5-7H2,1-2H3/t14-/m1/s1. The molecule has 0 N–H and O–H groups in total. The monoisotopic (exact) mass is 379 g/mol. The van der Waals surface area contributed by atoms with Crippen LogP contribution in [0, 0.1) is 0 Å². The summed E-state index contributed by atoms with van der Waals surface area (Å²) in [7, 11) is 1.63. The second-order valence-corrected chi connectivity index (χ2v) is 7.92. The van der Waals surface area contributed by atoms with Crippen molar-refractivity contribution in [2.45, 2.75) is 36.6 Å². The molecule has 0 aliphatic heterocycles. The van der Waals surface area contributed by atoms with E-state index in [0.717, 1.165) is 29.8 Å². The average Bonchev–Trinajstić information content (AvgIpc) is 3.35. The van der Waals surface area contributed by atoms with E-state index in [1.54, 1.807) is 13.4 Å². The molecule has 4 rings (SSSR count). The van der Waals surface area contributed by atoms with E-state index in [4.69, 9.17) is 4.74 Å². The van der Waals surface area contributed by atoms with Gasteiger partial charge in [-0.25, -0.2) is 0 Å². The van der Waals surface area contributed by atoms with Gasteiger partial charge in [-0.3, -0.25) is 9.36 Å². The lowest BCUT2D eigenvalue weighted by molar-refractivity contribution is 0.0993. The highest BCUT2D eigenvalue weighted by Crippen LogP contribution is 2.30. The Bertz CT molecular complexity index is 983. The van der Waals surface area contributed by atoms with Crippen molar-refractivity contribution in [1.29, 1.82) is 0 Å². The van der Waals surface area contributed by atoms with Gasteiger partial charge in [-0.05, 0) is 55.5 Å². The summed E-state index contributed by atoms with van der Waals surface area (Å²) in [6.07, 6.45) is 5.02. The SMILES string of the molecule is COc1ccccc1-n1cnnc1S[C@H](C)C(=O)c1ccc2c(c1)CCC2. The number of carbonyl (C=O) groups is 1. The number of para-hydroxylation sites is 2. The molecule has 0 amide bonds. The normalized spacial score (nSPS) is 14.0. The first-order valence-electron chi connectivity index (χ1n) is 9.03. The number of ether oxygens (including phenoxy) is 1. The highest BCUT2D eigenvalue weighted by molar-refractivity contribution is 8.00. The molecule has 1 heterocycles. The van der Waals surface area contributed by atoms with Gasteiger partial charge in [0.1, 0.15) is 12.1 Å². The lowest BCUT2D eigenvalue weighted by atomic mass is 10.0. The van der Waals surface area contributed by atoms with Crippen LogP contribution >= 0.6 is 11.8 Å². The zero-order valence-electron chi connectivity index (χ0n) is 15.4. The van der Waals surface area contributed by atoms with E-state index in [1.807, 2.05) is 41.8 Å². The summed E-state index contributed by atoms with van der Waals surface area (Å²) in [6.45, 7) is 1.92. The summed E-state index contributed by atoms with van der Waals surface area (Å²) < 4.78 is 7.29. The maximum atomic E-state index is 12.9. The van der Waals surface area contributed by atoms with Crippen LogP contribution in [0.2, 0.25) is 0 Å². The number of aryl methyl sites for hydroxylation is 2. The fourth-order valence-corrected chi connectivity index (χ4v) is 4.38. The Morgan fingerprint density at radius 3 is 2.85 bits per heavy atom. The number of nitrogens with zero attached hydrogens (tertiary/aromatic N) is 3. The fraction of sp³-hybridized carbons (Fsp3) is 0.286. The number of methoxy groups -OCH3 is 1. The third-order valence-electron chi connectivity index (χ3n) is 4.90. The van der Waals surface area contributed by atoms with Crippen LogP contribution in [0.4, 0.5) is 0 Å². The molecule has 1 atom stereocenters. The van der Waals surface area contributed by atoms with E-state index in [1.165, 1.54) is 29.3 Å². The van der Waals surface area contributed by atoms with Crippen LogP contribution in [0.1, 0.15) is 34.8 Å². The molecule has 0 spiro atoms. The van der Waals surface area contributed by atoms with Crippen molar-refractivity contribution in [2.24, 2.45) is 0 Å². The minimum atomic E-state index is -0.262. The van der Waals surface area contributed by atoms with E-state index in [2.05, 4.69) is 22.3 Å². The van der Waals surface area contributed by atoms with Gasteiger partial charge in [-0.1, -0.05) is 36.0 Å². The minimum absolute atomic E-state index is 0.115. The van der Waals surface area contributed by atoms with E-state index in [9.17, 15) is 4.79 Å². The van der Waals surface area contributed by atoms with Crippen molar-refractivity contribution in [3.05, 3.63) is 65.5 Å². The number of thioether (sulfide) groups is 1. The molecular formula is C21H21N3O2S. The first-order chi connectivity index (χ1) is 13.2. The van der Waals surface area contributed by atoms with Gasteiger partial charge in [-0.2, -0.15) is 0 Å². The van der Waals surface area contributed by atoms with Crippen molar-refractivity contribution in [2.75, 3.05) is 7.11 Å². The third-order valence-corrected chi connectivity index (χ3v) is 5.95. The maximum Gasteiger partial charge on any atom is 0.196 e. The lowest BCUT2D eigenvalue weighted by Gasteiger charge is -2.13. The second kappa shape index (κ2) is 7.56. The molecule has 0 radical (unpaired) electrons. The van der Waals surface area contributed by atoms with Crippen LogP contribution in [-0.4, -0.2) is 32.9 Å². The van der Waals surface area contributed by atoms with E-state index in [-0.39, 0.29) is 11.0 Å². The topological polar surface area (TPSA) is 57.0 Å². The van der Waals surface area contributed by atoms with Crippen LogP contribution in [-0.2, 0) is 12.8 Å². The molecule has 27 heavy (non-hydrogen) atoms. The Balaban J connectivity index is 1.56. The molecule has 1 aromatic heterocycles. The molecule has 138 valence electrons. The number of benzene rings is 2. The third kappa shape index (κ3) is 3.49. The molecule has 0 saturated heterocycles. The van der Waals surface area contributed by atoms with Crippen LogP contribution in [0.3, 0.4) is 0 Å². The zero-order chi connectivity index (χ0) is 18.8. The number of ketones is 1. The molecule has 0 unspecified atom stereocenters. The van der Waals surface area contributed by atoms with Gasteiger partial charge in [-0.15, -0.1) is 10.2 Å². The van der Waals surface area contributed by atoms with E-state index < -0.39 is 0 Å². The first-order valence-corrected chi connectivity index (χ1v) is 9.91. The summed E-state index contributed by atoms with van der Waals surface area (Å²) in [4.78, 5) is 12.9. The van der Waals surface area contributed by atoms with Gasteiger partial charge in [0, 0.05) is 5.56 Å². The number of rotatable bonds is 6. The number of aromatic nitrogens is 3. The van der Waals surface area contributed by atoms with Crippen molar-refractivity contribution < 1.29 is 9.53 Å². The van der Waals surface area contributed by atoms with Crippen LogP contribution < -0.4 is 4.74 Å². The largest absolute Gasteiger partial charge is 0.495 e. The number of carbonyl (C=O) groups excluding carboxylic acids is 1. The van der Waals surface area contributed by atoms with Crippen molar-refractivity contribution >= 4 is 17.5 Å². The number of fused-ring (bicyclic) bond motifs is 1. The van der Waals surface area contributed by atoms with Crippen molar-refractivity contribution in [3.63, 3.8) is 0 Å². The van der Waals surface area contributed by atoms with E-state index in [0.29, 0.717) is 5.16 Å². The summed E-state index contributed by atoms with van der Waals surface area (Å²) in [5, 5.41) is 8.65. The first kappa shape index (κ1) is 17.8. The molecule has 6 heteroatoms. The van der Waals surface area contributed by atoms with Gasteiger partial charge >= 0.3 is 0 Å². The number of hydrogen-bond donors (Lipinski definition) is 0. The van der Waals surface area contributed by atoms with Gasteiger partial charge in [0.2, 0.25) is 0 Å². The van der Waals surface area contributed by atoms with Crippen LogP contribution in [0.5, 0.6) is 5.75 Å². The number of hydrogen-bond acceptors (Lipinski definition) is 5. The minimum Gasteiger partial charge on any atom is -0.495 e. The quantitative estimate of drug-likeness (QED) is 0.476. The summed E-state index contributed by atoms with van der Waals surface area (Å²) in [6, 6.07) is 13.8. The Morgan fingerprint density at radius 1 is 1.19 bits per heavy atom. The Kier molecular flexibility index (Phi) is 4.99. The highest BCUT2D eigenvalue weighted by Gasteiger charge is 2.22. The molecule has 0 saturated carbocycles. The molecule has 2 aromatic carbocycles. The molecule has 0 fully saturated rings. The lowest BCUT2D eigenvalue weighted by Crippen LogP contribution is -2.15. The average molecular weight is 379 g/mol.